The molecule has 1 radical (unpaired) electrons. The summed E-state index contributed by atoms with van der Waals surface area (Å²) < 4.78 is 0. The van der Waals surface area contributed by atoms with Gasteiger partial charge in [-0.1, -0.05) is 6.07 Å². The Labute approximate surface area is 69.0 Å². The summed E-state index contributed by atoms with van der Waals surface area (Å²) in [5, 5.41) is 7.19. The molecule has 59 valence electrons. The Hall–Kier alpha value is -1.91. The molecular formula is C7H6N5. The molecule has 0 fully saturated rings. The molecule has 0 amide bonds. The van der Waals surface area contributed by atoms with E-state index in [0.717, 1.165) is 5.82 Å². The Morgan fingerprint density at radius 1 is 1.42 bits per heavy atom. The summed E-state index contributed by atoms with van der Waals surface area (Å²) in [5.74, 6) is 0.719. The highest BCUT2D eigenvalue weighted by atomic mass is 15.6. The SMILES string of the molecule is [c]1cn(Nc2ccccn2)nn1. The molecule has 0 aliphatic rings. The number of rotatable bonds is 2. The molecule has 0 saturated carbocycles. The van der Waals surface area contributed by atoms with Gasteiger partial charge in [-0.15, -0.1) is 5.10 Å². The molecule has 0 saturated heterocycles. The summed E-state index contributed by atoms with van der Waals surface area (Å²) in [5.41, 5.74) is 2.88. The van der Waals surface area contributed by atoms with Gasteiger partial charge in [-0.2, -0.15) is 4.79 Å². The fraction of sp³-hybridized carbons (Fsp3) is 0. The third kappa shape index (κ3) is 1.39. The van der Waals surface area contributed by atoms with E-state index in [9.17, 15) is 0 Å². The van der Waals surface area contributed by atoms with E-state index in [1.54, 1.807) is 12.4 Å². The summed E-state index contributed by atoms with van der Waals surface area (Å²) in [6.07, 6.45) is 5.84. The Morgan fingerprint density at radius 3 is 3.08 bits per heavy atom. The zero-order valence-corrected chi connectivity index (χ0v) is 6.18. The van der Waals surface area contributed by atoms with Crippen LogP contribution >= 0.6 is 0 Å². The first-order chi connectivity index (χ1) is 5.95. The monoisotopic (exact) mass is 160 g/mol. The van der Waals surface area contributed by atoms with Crippen LogP contribution in [0.15, 0.2) is 30.6 Å². The molecule has 2 rings (SSSR count). The number of hydrogen-bond acceptors (Lipinski definition) is 4. The van der Waals surface area contributed by atoms with E-state index in [2.05, 4.69) is 26.9 Å². The highest BCUT2D eigenvalue weighted by molar-refractivity contribution is 5.31. The first-order valence-corrected chi connectivity index (χ1v) is 3.41. The fourth-order valence-electron chi connectivity index (χ4n) is 0.781. The van der Waals surface area contributed by atoms with Crippen LogP contribution in [-0.2, 0) is 0 Å². The Kier molecular flexibility index (Phi) is 1.69. The lowest BCUT2D eigenvalue weighted by Gasteiger charge is -2.01. The van der Waals surface area contributed by atoms with Crippen molar-refractivity contribution in [1.29, 1.82) is 0 Å². The molecule has 0 bridgehead atoms. The molecule has 0 unspecified atom stereocenters. The fourth-order valence-corrected chi connectivity index (χ4v) is 0.781. The van der Waals surface area contributed by atoms with Crippen molar-refractivity contribution >= 4 is 5.82 Å². The maximum Gasteiger partial charge on any atom is 0.146 e. The van der Waals surface area contributed by atoms with E-state index >= 15 is 0 Å². The quantitative estimate of drug-likeness (QED) is 0.688. The molecule has 2 aromatic rings. The van der Waals surface area contributed by atoms with Crippen LogP contribution in [0.2, 0.25) is 0 Å². The molecule has 0 aliphatic heterocycles. The van der Waals surface area contributed by atoms with E-state index in [1.165, 1.54) is 4.79 Å². The zero-order chi connectivity index (χ0) is 8.23. The summed E-state index contributed by atoms with van der Waals surface area (Å²) >= 11 is 0. The lowest BCUT2D eigenvalue weighted by Crippen LogP contribution is -2.10. The minimum Gasteiger partial charge on any atom is -0.260 e. The number of pyridine rings is 1. The molecule has 0 spiro atoms. The maximum atomic E-state index is 4.04. The second-order valence-corrected chi connectivity index (χ2v) is 2.12. The first-order valence-electron chi connectivity index (χ1n) is 3.41. The molecule has 0 atom stereocenters. The van der Waals surface area contributed by atoms with Crippen LogP contribution in [0.5, 0.6) is 0 Å². The van der Waals surface area contributed by atoms with Gasteiger partial charge in [0, 0.05) is 6.20 Å². The van der Waals surface area contributed by atoms with Crippen LogP contribution in [-0.4, -0.2) is 20.1 Å². The van der Waals surface area contributed by atoms with Gasteiger partial charge in [0.25, 0.3) is 0 Å². The molecule has 2 heterocycles. The van der Waals surface area contributed by atoms with Crippen molar-refractivity contribution < 1.29 is 0 Å². The summed E-state index contributed by atoms with van der Waals surface area (Å²) in [6, 6.07) is 5.57. The summed E-state index contributed by atoms with van der Waals surface area (Å²) in [7, 11) is 0. The van der Waals surface area contributed by atoms with Crippen molar-refractivity contribution in [3.05, 3.63) is 36.8 Å². The van der Waals surface area contributed by atoms with Gasteiger partial charge in [0.15, 0.2) is 0 Å². The normalized spacial score (nSPS) is 9.67. The Balaban J connectivity index is 2.15. The van der Waals surface area contributed by atoms with E-state index in [1.807, 2.05) is 18.2 Å². The van der Waals surface area contributed by atoms with Gasteiger partial charge >= 0.3 is 0 Å². The van der Waals surface area contributed by atoms with Crippen LogP contribution < -0.4 is 5.43 Å². The van der Waals surface area contributed by atoms with Gasteiger partial charge in [0.2, 0.25) is 0 Å². The van der Waals surface area contributed by atoms with Crippen molar-refractivity contribution in [3.8, 4) is 0 Å². The number of hydrogen-bond donors (Lipinski definition) is 1. The van der Waals surface area contributed by atoms with Crippen LogP contribution in [0.3, 0.4) is 0 Å². The molecule has 0 aliphatic carbocycles. The van der Waals surface area contributed by atoms with Crippen molar-refractivity contribution in [1.82, 2.24) is 20.1 Å². The molecule has 5 nitrogen and oxygen atoms in total. The van der Waals surface area contributed by atoms with Gasteiger partial charge in [-0.05, 0) is 17.3 Å². The van der Waals surface area contributed by atoms with Crippen molar-refractivity contribution in [2.24, 2.45) is 0 Å². The highest BCUT2D eigenvalue weighted by Gasteiger charge is 1.91. The largest absolute Gasteiger partial charge is 0.260 e. The lowest BCUT2D eigenvalue weighted by molar-refractivity contribution is 0.739. The number of nitrogens with zero attached hydrogens (tertiary/aromatic N) is 4. The van der Waals surface area contributed by atoms with Crippen LogP contribution in [0.4, 0.5) is 5.82 Å². The van der Waals surface area contributed by atoms with E-state index in [-0.39, 0.29) is 0 Å². The highest BCUT2D eigenvalue weighted by Crippen LogP contribution is 1.98. The second kappa shape index (κ2) is 3.00. The minimum absolute atomic E-state index is 0.719. The average molecular weight is 160 g/mol. The topological polar surface area (TPSA) is 55.6 Å². The number of nitrogens with one attached hydrogen (secondary N) is 1. The summed E-state index contributed by atoms with van der Waals surface area (Å²) in [6.45, 7) is 0. The molecule has 12 heavy (non-hydrogen) atoms. The summed E-state index contributed by atoms with van der Waals surface area (Å²) in [4.78, 5) is 5.47. The standard InChI is InChI=1S/C7H6N5/c1-2-4-8-7(3-1)10-12-6-5-9-11-12/h1-4,6H,(H,8,10). The predicted octanol–water partition coefficient (Wildman–Crippen LogP) is 0.348. The van der Waals surface area contributed by atoms with Gasteiger partial charge in [0.1, 0.15) is 12.0 Å². The Bertz CT molecular complexity index is 328. The predicted molar refractivity (Wildman–Crippen MR) is 42.1 cm³/mol. The maximum absolute atomic E-state index is 4.04. The van der Waals surface area contributed by atoms with Crippen LogP contribution in [0.25, 0.3) is 0 Å². The van der Waals surface area contributed by atoms with E-state index in [4.69, 9.17) is 0 Å². The van der Waals surface area contributed by atoms with Gasteiger partial charge in [-0.25, -0.2) is 4.98 Å². The van der Waals surface area contributed by atoms with Gasteiger partial charge < -0.3 is 0 Å². The molecule has 2 aromatic heterocycles. The van der Waals surface area contributed by atoms with Gasteiger partial charge in [0.05, 0.1) is 6.20 Å². The smallest absolute Gasteiger partial charge is 0.146 e. The first kappa shape index (κ1) is 6.78. The van der Waals surface area contributed by atoms with Crippen molar-refractivity contribution in [3.63, 3.8) is 0 Å². The molecule has 1 N–H and O–H groups in total. The molecule has 5 heteroatoms. The number of aromatic nitrogens is 4. The average Bonchev–Trinajstić information content (AvgIpc) is 2.59. The molecular weight excluding hydrogens is 154 g/mol. The van der Waals surface area contributed by atoms with Gasteiger partial charge in [-0.3, -0.25) is 5.43 Å². The molecule has 0 aromatic carbocycles. The number of anilines is 1. The van der Waals surface area contributed by atoms with Crippen molar-refractivity contribution in [2.75, 3.05) is 5.43 Å². The minimum atomic E-state index is 0.719. The third-order valence-corrected chi connectivity index (χ3v) is 1.27. The van der Waals surface area contributed by atoms with E-state index in [0.29, 0.717) is 0 Å². The lowest BCUT2D eigenvalue weighted by atomic mass is 10.5. The van der Waals surface area contributed by atoms with Crippen LogP contribution in [0.1, 0.15) is 0 Å². The van der Waals surface area contributed by atoms with E-state index < -0.39 is 0 Å². The third-order valence-electron chi connectivity index (χ3n) is 1.27. The van der Waals surface area contributed by atoms with Crippen LogP contribution in [0, 0.1) is 6.20 Å². The zero-order valence-electron chi connectivity index (χ0n) is 6.18. The van der Waals surface area contributed by atoms with Crippen molar-refractivity contribution in [2.45, 2.75) is 0 Å². The second-order valence-electron chi connectivity index (χ2n) is 2.12. The Morgan fingerprint density at radius 2 is 2.42 bits per heavy atom.